The van der Waals surface area contributed by atoms with Gasteiger partial charge in [-0.2, -0.15) is 5.10 Å². The number of hydrogen-bond acceptors (Lipinski definition) is 4. The quantitative estimate of drug-likeness (QED) is 0.863. The molecule has 2 aromatic heterocycles. The third-order valence-corrected chi connectivity index (χ3v) is 3.46. The fourth-order valence-electron chi connectivity index (χ4n) is 2.40. The van der Waals surface area contributed by atoms with Crippen LogP contribution < -0.4 is 5.32 Å². The lowest BCUT2D eigenvalue weighted by Crippen LogP contribution is -2.21. The van der Waals surface area contributed by atoms with E-state index in [4.69, 9.17) is 9.15 Å². The minimum Gasteiger partial charge on any atom is -0.465 e. The van der Waals surface area contributed by atoms with E-state index >= 15 is 0 Å². The van der Waals surface area contributed by atoms with Gasteiger partial charge in [-0.25, -0.2) is 0 Å². The Morgan fingerprint density at radius 3 is 3.29 bits per heavy atom. The van der Waals surface area contributed by atoms with Crippen LogP contribution in [0.25, 0.3) is 6.08 Å². The number of carbonyl (C=O) groups excluding carboxylic acids is 1. The third-order valence-electron chi connectivity index (χ3n) is 3.46. The summed E-state index contributed by atoms with van der Waals surface area (Å²) < 4.78 is 12.5. The van der Waals surface area contributed by atoms with E-state index in [9.17, 15) is 4.79 Å². The Balaban J connectivity index is 1.61. The maximum atomic E-state index is 11.8. The normalized spacial score (nSPS) is 14.3. The molecule has 0 atom stereocenters. The minimum absolute atomic E-state index is 0.178. The molecule has 0 radical (unpaired) electrons. The van der Waals surface area contributed by atoms with Gasteiger partial charge >= 0.3 is 0 Å². The summed E-state index contributed by atoms with van der Waals surface area (Å²) in [5, 5.41) is 7.28. The van der Waals surface area contributed by atoms with Crippen LogP contribution in [0.5, 0.6) is 0 Å². The van der Waals surface area contributed by atoms with E-state index in [0.717, 1.165) is 24.3 Å². The van der Waals surface area contributed by atoms with Crippen molar-refractivity contribution < 1.29 is 13.9 Å². The summed E-state index contributed by atoms with van der Waals surface area (Å²) in [5.74, 6) is 0.469. The Labute approximate surface area is 122 Å². The number of fused-ring (bicyclic) bond motifs is 1. The second-order valence-electron chi connectivity index (χ2n) is 4.86. The first kappa shape index (κ1) is 13.6. The minimum atomic E-state index is -0.178. The number of nitrogens with zero attached hydrogens (tertiary/aromatic N) is 2. The predicted molar refractivity (Wildman–Crippen MR) is 76.2 cm³/mol. The first-order chi connectivity index (χ1) is 10.2. The highest BCUT2D eigenvalue weighted by Crippen LogP contribution is 2.19. The van der Waals surface area contributed by atoms with Crippen LogP contribution in [0, 0.1) is 0 Å². The number of furan rings is 1. The molecule has 0 saturated heterocycles. The van der Waals surface area contributed by atoms with Crippen LogP contribution in [0.2, 0.25) is 0 Å². The van der Waals surface area contributed by atoms with Gasteiger partial charge in [-0.3, -0.25) is 9.48 Å². The van der Waals surface area contributed by atoms with Gasteiger partial charge in [0.25, 0.3) is 0 Å². The standard InChI is InChI=1S/C15H17N3O3/c1-18-14-6-8-20-10-12(14)13(17-18)9-16-15(19)5-4-11-3-2-7-21-11/h2-5,7H,6,8-10H2,1H3,(H,16,19)/b5-4+. The smallest absolute Gasteiger partial charge is 0.244 e. The Kier molecular flexibility index (Phi) is 3.87. The molecule has 0 bridgehead atoms. The van der Waals surface area contributed by atoms with Crippen molar-refractivity contribution in [2.24, 2.45) is 7.05 Å². The first-order valence-corrected chi connectivity index (χ1v) is 6.85. The van der Waals surface area contributed by atoms with Crippen LogP contribution >= 0.6 is 0 Å². The number of aryl methyl sites for hydroxylation is 1. The van der Waals surface area contributed by atoms with Gasteiger partial charge in [-0.1, -0.05) is 0 Å². The van der Waals surface area contributed by atoms with E-state index < -0.39 is 0 Å². The number of hydrogen-bond donors (Lipinski definition) is 1. The molecule has 0 spiro atoms. The number of aromatic nitrogens is 2. The molecule has 21 heavy (non-hydrogen) atoms. The molecule has 6 heteroatoms. The van der Waals surface area contributed by atoms with Gasteiger partial charge < -0.3 is 14.5 Å². The lowest BCUT2D eigenvalue weighted by Gasteiger charge is -2.13. The molecule has 1 aliphatic rings. The molecule has 0 aliphatic carbocycles. The maximum Gasteiger partial charge on any atom is 0.244 e. The van der Waals surface area contributed by atoms with Gasteiger partial charge in [0.1, 0.15) is 5.76 Å². The summed E-state index contributed by atoms with van der Waals surface area (Å²) in [6.45, 7) is 1.69. The molecule has 1 aliphatic heterocycles. The zero-order valence-corrected chi connectivity index (χ0v) is 11.8. The summed E-state index contributed by atoms with van der Waals surface area (Å²) in [5.41, 5.74) is 3.16. The molecule has 3 rings (SSSR count). The van der Waals surface area contributed by atoms with E-state index in [0.29, 0.717) is 18.9 Å². The van der Waals surface area contributed by atoms with E-state index in [1.54, 1.807) is 24.5 Å². The number of carbonyl (C=O) groups is 1. The Morgan fingerprint density at radius 1 is 1.57 bits per heavy atom. The van der Waals surface area contributed by atoms with Gasteiger partial charge in [0.2, 0.25) is 5.91 Å². The van der Waals surface area contributed by atoms with Crippen molar-refractivity contribution in [1.82, 2.24) is 15.1 Å². The van der Waals surface area contributed by atoms with Crippen molar-refractivity contribution in [2.75, 3.05) is 6.61 Å². The largest absolute Gasteiger partial charge is 0.465 e. The van der Waals surface area contributed by atoms with Crippen molar-refractivity contribution in [3.63, 3.8) is 0 Å². The zero-order chi connectivity index (χ0) is 14.7. The van der Waals surface area contributed by atoms with Gasteiger partial charge in [-0.05, 0) is 18.2 Å². The summed E-state index contributed by atoms with van der Waals surface area (Å²) in [4.78, 5) is 11.8. The van der Waals surface area contributed by atoms with Crippen LogP contribution in [0.3, 0.4) is 0 Å². The highest BCUT2D eigenvalue weighted by atomic mass is 16.5. The highest BCUT2D eigenvalue weighted by molar-refractivity contribution is 5.91. The molecular formula is C15H17N3O3. The zero-order valence-electron chi connectivity index (χ0n) is 11.8. The fourth-order valence-corrected chi connectivity index (χ4v) is 2.40. The van der Waals surface area contributed by atoms with Crippen LogP contribution in [0.1, 0.15) is 22.7 Å². The Morgan fingerprint density at radius 2 is 2.48 bits per heavy atom. The van der Waals surface area contributed by atoms with Crippen molar-refractivity contribution >= 4 is 12.0 Å². The van der Waals surface area contributed by atoms with Crippen LogP contribution in [0.4, 0.5) is 0 Å². The average molecular weight is 287 g/mol. The van der Waals surface area contributed by atoms with E-state index in [1.807, 2.05) is 11.7 Å². The van der Waals surface area contributed by atoms with Gasteiger partial charge in [-0.15, -0.1) is 0 Å². The highest BCUT2D eigenvalue weighted by Gasteiger charge is 2.19. The monoisotopic (exact) mass is 287 g/mol. The molecular weight excluding hydrogens is 270 g/mol. The molecule has 0 aromatic carbocycles. The Bertz CT molecular complexity index is 656. The van der Waals surface area contributed by atoms with Crippen molar-refractivity contribution in [2.45, 2.75) is 19.6 Å². The topological polar surface area (TPSA) is 69.3 Å². The molecule has 110 valence electrons. The third kappa shape index (κ3) is 3.05. The van der Waals surface area contributed by atoms with Crippen LogP contribution in [-0.2, 0) is 36.2 Å². The van der Waals surface area contributed by atoms with Gasteiger partial charge in [0.15, 0.2) is 0 Å². The predicted octanol–water partition coefficient (Wildman–Crippen LogP) is 1.42. The lowest BCUT2D eigenvalue weighted by atomic mass is 10.1. The van der Waals surface area contributed by atoms with Gasteiger partial charge in [0.05, 0.1) is 31.7 Å². The van der Waals surface area contributed by atoms with Gasteiger partial charge in [0, 0.05) is 30.8 Å². The van der Waals surface area contributed by atoms with E-state index in [1.165, 1.54) is 11.8 Å². The maximum absolute atomic E-state index is 11.8. The number of amides is 1. The summed E-state index contributed by atoms with van der Waals surface area (Å²) in [7, 11) is 1.92. The molecule has 0 unspecified atom stereocenters. The lowest BCUT2D eigenvalue weighted by molar-refractivity contribution is -0.116. The van der Waals surface area contributed by atoms with E-state index in [2.05, 4.69) is 10.4 Å². The van der Waals surface area contributed by atoms with Crippen LogP contribution in [0.15, 0.2) is 28.9 Å². The molecule has 0 saturated carbocycles. The van der Waals surface area contributed by atoms with Crippen LogP contribution in [-0.4, -0.2) is 22.3 Å². The fraction of sp³-hybridized carbons (Fsp3) is 0.333. The molecule has 1 N–H and O–H groups in total. The van der Waals surface area contributed by atoms with Crippen molar-refractivity contribution in [3.8, 4) is 0 Å². The molecule has 2 aromatic rings. The average Bonchev–Trinajstić information content (AvgIpc) is 3.12. The van der Waals surface area contributed by atoms with Crippen molar-refractivity contribution in [3.05, 3.63) is 47.2 Å². The molecule has 6 nitrogen and oxygen atoms in total. The number of rotatable bonds is 4. The summed E-state index contributed by atoms with van der Waals surface area (Å²) >= 11 is 0. The summed E-state index contributed by atoms with van der Waals surface area (Å²) in [6.07, 6.45) is 5.51. The molecule has 0 fully saturated rings. The first-order valence-electron chi connectivity index (χ1n) is 6.85. The SMILES string of the molecule is Cn1nc(CNC(=O)/C=C/c2ccco2)c2c1CCOC2. The molecule has 1 amide bonds. The number of ether oxygens (including phenoxy) is 1. The van der Waals surface area contributed by atoms with Crippen molar-refractivity contribution in [1.29, 1.82) is 0 Å². The number of nitrogens with one attached hydrogen (secondary N) is 1. The molecule has 3 heterocycles. The summed E-state index contributed by atoms with van der Waals surface area (Å²) in [6, 6.07) is 3.56. The Hall–Kier alpha value is -2.34. The van der Waals surface area contributed by atoms with E-state index in [-0.39, 0.29) is 5.91 Å². The second-order valence-corrected chi connectivity index (χ2v) is 4.86. The second kappa shape index (κ2) is 5.97.